The van der Waals surface area contributed by atoms with Gasteiger partial charge in [-0.3, -0.25) is 14.3 Å². The number of hydrogen-bond donors (Lipinski definition) is 1. The number of nitrogens with two attached hydrogens (primary N) is 1. The van der Waals surface area contributed by atoms with E-state index in [1.807, 2.05) is 14.0 Å². The highest BCUT2D eigenvalue weighted by Crippen LogP contribution is 2.18. The molecule has 2 rings (SSSR count). The molecule has 0 unspecified atom stereocenters. The van der Waals surface area contributed by atoms with Crippen LogP contribution < -0.4 is 5.73 Å². The first-order valence-electron chi connectivity index (χ1n) is 6.08. The minimum absolute atomic E-state index is 0.0679. The third kappa shape index (κ3) is 2.37. The van der Waals surface area contributed by atoms with E-state index >= 15 is 0 Å². The first-order valence-corrected chi connectivity index (χ1v) is 6.08. The van der Waals surface area contributed by atoms with Crippen LogP contribution >= 0.6 is 0 Å². The molecule has 1 aromatic heterocycles. The number of nitrogens with zero attached hydrogens (tertiary/aromatic N) is 3. The summed E-state index contributed by atoms with van der Waals surface area (Å²) in [5.41, 5.74) is 6.68. The number of aromatic nitrogens is 2. The van der Waals surface area contributed by atoms with Gasteiger partial charge in [0, 0.05) is 31.7 Å². The Kier molecular flexibility index (Phi) is 3.36. The van der Waals surface area contributed by atoms with E-state index in [-0.39, 0.29) is 17.7 Å². The van der Waals surface area contributed by atoms with Gasteiger partial charge in [0.25, 0.3) is 5.91 Å². The van der Waals surface area contributed by atoms with Crippen molar-refractivity contribution in [2.24, 2.45) is 18.7 Å². The summed E-state index contributed by atoms with van der Waals surface area (Å²) in [5, 5.41) is 4.17. The normalized spacial score (nSPS) is 16.9. The average molecular weight is 250 g/mol. The van der Waals surface area contributed by atoms with Gasteiger partial charge in [-0.2, -0.15) is 5.10 Å². The van der Waals surface area contributed by atoms with Crippen molar-refractivity contribution in [1.29, 1.82) is 0 Å². The Bertz CT molecular complexity index is 453. The van der Waals surface area contributed by atoms with Crippen molar-refractivity contribution in [2.75, 3.05) is 13.1 Å². The Balaban J connectivity index is 2.01. The molecule has 0 atom stereocenters. The van der Waals surface area contributed by atoms with E-state index in [0.29, 0.717) is 31.6 Å². The lowest BCUT2D eigenvalue weighted by Gasteiger charge is -2.29. The summed E-state index contributed by atoms with van der Waals surface area (Å²) in [6.45, 7) is 3.05. The van der Waals surface area contributed by atoms with Gasteiger partial charge >= 0.3 is 0 Å². The van der Waals surface area contributed by atoms with Crippen LogP contribution in [0.25, 0.3) is 0 Å². The summed E-state index contributed by atoms with van der Waals surface area (Å²) in [4.78, 5) is 25.0. The maximum atomic E-state index is 12.2. The van der Waals surface area contributed by atoms with Gasteiger partial charge < -0.3 is 10.6 Å². The molecular weight excluding hydrogens is 232 g/mol. The van der Waals surface area contributed by atoms with E-state index in [4.69, 9.17) is 5.73 Å². The molecule has 0 radical (unpaired) electrons. The molecule has 1 aromatic rings. The van der Waals surface area contributed by atoms with Crippen molar-refractivity contribution in [3.05, 3.63) is 17.5 Å². The van der Waals surface area contributed by atoms with Crippen molar-refractivity contribution in [1.82, 2.24) is 14.7 Å². The average Bonchev–Trinajstić information content (AvgIpc) is 2.69. The molecule has 1 saturated heterocycles. The molecule has 18 heavy (non-hydrogen) atoms. The zero-order valence-corrected chi connectivity index (χ0v) is 10.7. The zero-order valence-electron chi connectivity index (χ0n) is 10.7. The first kappa shape index (κ1) is 12.6. The largest absolute Gasteiger partial charge is 0.369 e. The maximum Gasteiger partial charge on any atom is 0.274 e. The van der Waals surface area contributed by atoms with Crippen LogP contribution in [0.15, 0.2) is 6.07 Å². The molecule has 2 amide bonds. The smallest absolute Gasteiger partial charge is 0.274 e. The van der Waals surface area contributed by atoms with E-state index in [1.54, 1.807) is 15.6 Å². The summed E-state index contributed by atoms with van der Waals surface area (Å²) < 4.78 is 1.68. The molecule has 1 fully saturated rings. The summed E-state index contributed by atoms with van der Waals surface area (Å²) in [5.74, 6) is -0.433. The molecule has 6 heteroatoms. The number of likely N-dealkylation sites (tertiary alicyclic amines) is 1. The van der Waals surface area contributed by atoms with Gasteiger partial charge in [-0.1, -0.05) is 0 Å². The maximum absolute atomic E-state index is 12.2. The Morgan fingerprint density at radius 3 is 2.44 bits per heavy atom. The quantitative estimate of drug-likeness (QED) is 0.806. The Hall–Kier alpha value is -1.85. The molecule has 0 bridgehead atoms. The number of aryl methyl sites for hydroxylation is 2. The highest BCUT2D eigenvalue weighted by atomic mass is 16.2. The summed E-state index contributed by atoms with van der Waals surface area (Å²) in [6.07, 6.45) is 1.29. The number of carbonyl (C=O) groups is 2. The lowest BCUT2D eigenvalue weighted by Crippen LogP contribution is -2.41. The Morgan fingerprint density at radius 1 is 1.39 bits per heavy atom. The molecule has 0 saturated carbocycles. The molecule has 0 aromatic carbocycles. The van der Waals surface area contributed by atoms with Gasteiger partial charge in [0.15, 0.2) is 5.69 Å². The van der Waals surface area contributed by atoms with Crippen molar-refractivity contribution in [3.63, 3.8) is 0 Å². The summed E-state index contributed by atoms with van der Waals surface area (Å²) >= 11 is 0. The third-order valence-corrected chi connectivity index (χ3v) is 3.52. The standard InChI is InChI=1S/C12H18N4O2/c1-8-7-10(14-15(8)2)12(18)16-5-3-9(4-6-16)11(13)17/h7,9H,3-6H2,1-2H3,(H2,13,17). The second kappa shape index (κ2) is 4.80. The van der Waals surface area contributed by atoms with Gasteiger partial charge in [0.2, 0.25) is 5.91 Å². The Morgan fingerprint density at radius 2 is 2.00 bits per heavy atom. The van der Waals surface area contributed by atoms with Gasteiger partial charge in [-0.15, -0.1) is 0 Å². The van der Waals surface area contributed by atoms with Crippen LogP contribution in [0, 0.1) is 12.8 Å². The molecular formula is C12H18N4O2. The molecule has 0 aliphatic carbocycles. The van der Waals surface area contributed by atoms with Crippen molar-refractivity contribution in [2.45, 2.75) is 19.8 Å². The summed E-state index contributed by atoms with van der Waals surface area (Å²) in [6, 6.07) is 1.78. The monoisotopic (exact) mass is 250 g/mol. The van der Waals surface area contributed by atoms with Crippen LogP contribution in [0.1, 0.15) is 29.0 Å². The van der Waals surface area contributed by atoms with Gasteiger partial charge in [0.05, 0.1) is 0 Å². The van der Waals surface area contributed by atoms with Gasteiger partial charge in [0.1, 0.15) is 0 Å². The van der Waals surface area contributed by atoms with Crippen molar-refractivity contribution < 1.29 is 9.59 Å². The second-order valence-corrected chi connectivity index (χ2v) is 4.76. The minimum Gasteiger partial charge on any atom is -0.369 e. The van der Waals surface area contributed by atoms with Crippen molar-refractivity contribution >= 4 is 11.8 Å². The van der Waals surface area contributed by atoms with Crippen LogP contribution in [-0.4, -0.2) is 39.6 Å². The van der Waals surface area contributed by atoms with Crippen LogP contribution in [0.5, 0.6) is 0 Å². The van der Waals surface area contributed by atoms with Crippen LogP contribution in [0.4, 0.5) is 0 Å². The third-order valence-electron chi connectivity index (χ3n) is 3.52. The Labute approximate surface area is 106 Å². The van der Waals surface area contributed by atoms with Crippen LogP contribution in [0.2, 0.25) is 0 Å². The van der Waals surface area contributed by atoms with E-state index in [9.17, 15) is 9.59 Å². The van der Waals surface area contributed by atoms with Crippen molar-refractivity contribution in [3.8, 4) is 0 Å². The summed E-state index contributed by atoms with van der Waals surface area (Å²) in [7, 11) is 1.81. The molecule has 0 spiro atoms. The molecule has 1 aliphatic rings. The number of hydrogen-bond acceptors (Lipinski definition) is 3. The van der Waals surface area contributed by atoms with E-state index in [2.05, 4.69) is 5.10 Å². The topological polar surface area (TPSA) is 81.2 Å². The van der Waals surface area contributed by atoms with Gasteiger partial charge in [-0.25, -0.2) is 0 Å². The van der Waals surface area contributed by atoms with E-state index in [0.717, 1.165) is 5.69 Å². The zero-order chi connectivity index (χ0) is 13.3. The lowest BCUT2D eigenvalue weighted by molar-refractivity contribution is -0.123. The number of piperidine rings is 1. The fourth-order valence-corrected chi connectivity index (χ4v) is 2.19. The number of rotatable bonds is 2. The first-order chi connectivity index (χ1) is 8.49. The van der Waals surface area contributed by atoms with Gasteiger partial charge in [-0.05, 0) is 25.8 Å². The fraction of sp³-hybridized carbons (Fsp3) is 0.583. The SMILES string of the molecule is Cc1cc(C(=O)N2CCC(C(N)=O)CC2)nn1C. The van der Waals surface area contributed by atoms with Crippen LogP contribution in [0.3, 0.4) is 0 Å². The van der Waals surface area contributed by atoms with E-state index < -0.39 is 0 Å². The predicted octanol–water partition coefficient (Wildman–Crippen LogP) is 0.0660. The fourth-order valence-electron chi connectivity index (χ4n) is 2.19. The molecule has 2 heterocycles. The minimum atomic E-state index is -0.268. The highest BCUT2D eigenvalue weighted by molar-refractivity contribution is 5.92. The second-order valence-electron chi connectivity index (χ2n) is 4.76. The highest BCUT2D eigenvalue weighted by Gasteiger charge is 2.27. The molecule has 1 aliphatic heterocycles. The molecule has 2 N–H and O–H groups in total. The lowest BCUT2D eigenvalue weighted by atomic mass is 9.96. The van der Waals surface area contributed by atoms with Crippen LogP contribution in [-0.2, 0) is 11.8 Å². The molecule has 98 valence electrons. The number of primary amides is 1. The predicted molar refractivity (Wildman–Crippen MR) is 65.8 cm³/mol. The van der Waals surface area contributed by atoms with E-state index in [1.165, 1.54) is 0 Å². The number of carbonyl (C=O) groups excluding carboxylic acids is 2. The molecule has 6 nitrogen and oxygen atoms in total. The number of amides is 2.